The van der Waals surface area contributed by atoms with Crippen molar-refractivity contribution in [1.29, 1.82) is 0 Å². The van der Waals surface area contributed by atoms with Crippen molar-refractivity contribution in [2.75, 3.05) is 5.32 Å². The molecule has 0 saturated carbocycles. The van der Waals surface area contributed by atoms with Gasteiger partial charge in [-0.1, -0.05) is 38.3 Å². The number of para-hydroxylation sites is 2. The highest BCUT2D eigenvalue weighted by Gasteiger charge is 2.13. The summed E-state index contributed by atoms with van der Waals surface area (Å²) in [6.07, 6.45) is 4.60. The standard InChI is InChI=1S/C13H20N2O2/c1-3-4-5-8-11(2)14-12-9-6-7-10-13(12)15(16)17/h6-7,9-11,14H,3-5,8H2,1-2H3. The molecule has 0 aliphatic heterocycles. The van der Waals surface area contributed by atoms with Gasteiger partial charge < -0.3 is 5.32 Å². The van der Waals surface area contributed by atoms with Crippen molar-refractivity contribution in [3.63, 3.8) is 0 Å². The lowest BCUT2D eigenvalue weighted by Crippen LogP contribution is -2.15. The van der Waals surface area contributed by atoms with Crippen LogP contribution in [0.1, 0.15) is 39.5 Å². The monoisotopic (exact) mass is 236 g/mol. The highest BCUT2D eigenvalue weighted by Crippen LogP contribution is 2.24. The Labute approximate surface area is 102 Å². The molecule has 94 valence electrons. The first-order valence-electron chi connectivity index (χ1n) is 6.15. The average Bonchev–Trinajstić information content (AvgIpc) is 2.29. The van der Waals surface area contributed by atoms with Crippen LogP contribution in [0.25, 0.3) is 0 Å². The summed E-state index contributed by atoms with van der Waals surface area (Å²) in [5, 5.41) is 14.0. The third-order valence-corrected chi connectivity index (χ3v) is 2.74. The van der Waals surface area contributed by atoms with Crippen LogP contribution < -0.4 is 5.32 Å². The number of nitro groups is 1. The second kappa shape index (κ2) is 6.89. The maximum atomic E-state index is 10.8. The Bertz CT molecular complexity index is 366. The van der Waals surface area contributed by atoms with Crippen molar-refractivity contribution >= 4 is 11.4 Å². The van der Waals surface area contributed by atoms with E-state index in [9.17, 15) is 10.1 Å². The lowest BCUT2D eigenvalue weighted by molar-refractivity contribution is -0.384. The molecule has 0 fully saturated rings. The Morgan fingerprint density at radius 1 is 1.35 bits per heavy atom. The van der Waals surface area contributed by atoms with Gasteiger partial charge in [0.15, 0.2) is 0 Å². The Morgan fingerprint density at radius 2 is 2.06 bits per heavy atom. The quantitative estimate of drug-likeness (QED) is 0.442. The minimum Gasteiger partial charge on any atom is -0.377 e. The number of unbranched alkanes of at least 4 members (excludes halogenated alkanes) is 2. The van der Waals surface area contributed by atoms with E-state index in [1.165, 1.54) is 18.9 Å². The predicted octanol–water partition coefficient (Wildman–Crippen LogP) is 3.98. The molecule has 1 atom stereocenters. The highest BCUT2D eigenvalue weighted by molar-refractivity contribution is 5.61. The van der Waals surface area contributed by atoms with Gasteiger partial charge in [0.25, 0.3) is 5.69 Å². The third kappa shape index (κ3) is 4.43. The maximum Gasteiger partial charge on any atom is 0.292 e. The summed E-state index contributed by atoms with van der Waals surface area (Å²) in [5.41, 5.74) is 0.760. The molecule has 1 unspecified atom stereocenters. The number of rotatable bonds is 7. The molecule has 1 aromatic carbocycles. The van der Waals surface area contributed by atoms with Gasteiger partial charge in [0.2, 0.25) is 0 Å². The van der Waals surface area contributed by atoms with Gasteiger partial charge in [-0.2, -0.15) is 0 Å². The van der Waals surface area contributed by atoms with E-state index in [4.69, 9.17) is 0 Å². The molecule has 0 spiro atoms. The summed E-state index contributed by atoms with van der Waals surface area (Å²) in [7, 11) is 0. The number of anilines is 1. The molecular weight excluding hydrogens is 216 g/mol. The van der Waals surface area contributed by atoms with E-state index in [0.717, 1.165) is 12.8 Å². The molecule has 0 saturated heterocycles. The van der Waals surface area contributed by atoms with Crippen LogP contribution in [0.5, 0.6) is 0 Å². The number of nitrogens with zero attached hydrogens (tertiary/aromatic N) is 1. The highest BCUT2D eigenvalue weighted by atomic mass is 16.6. The zero-order valence-corrected chi connectivity index (χ0v) is 10.5. The van der Waals surface area contributed by atoms with E-state index in [2.05, 4.69) is 19.2 Å². The topological polar surface area (TPSA) is 55.2 Å². The fourth-order valence-corrected chi connectivity index (χ4v) is 1.79. The van der Waals surface area contributed by atoms with Crippen LogP contribution in [0.3, 0.4) is 0 Å². The minimum absolute atomic E-state index is 0.148. The van der Waals surface area contributed by atoms with Gasteiger partial charge in [-0.3, -0.25) is 10.1 Å². The van der Waals surface area contributed by atoms with E-state index in [1.807, 2.05) is 6.07 Å². The van der Waals surface area contributed by atoms with Crippen molar-refractivity contribution in [1.82, 2.24) is 0 Å². The molecular formula is C13H20N2O2. The van der Waals surface area contributed by atoms with Gasteiger partial charge >= 0.3 is 0 Å². The second-order valence-electron chi connectivity index (χ2n) is 4.32. The Balaban J connectivity index is 2.58. The number of nitrogens with one attached hydrogen (secondary N) is 1. The maximum absolute atomic E-state index is 10.8. The van der Waals surface area contributed by atoms with Crippen molar-refractivity contribution in [2.24, 2.45) is 0 Å². The summed E-state index contributed by atoms with van der Waals surface area (Å²) in [6, 6.07) is 7.05. The van der Waals surface area contributed by atoms with Gasteiger partial charge in [0.1, 0.15) is 5.69 Å². The van der Waals surface area contributed by atoms with Gasteiger partial charge in [0.05, 0.1) is 4.92 Å². The number of hydrogen-bond acceptors (Lipinski definition) is 3. The Morgan fingerprint density at radius 3 is 2.71 bits per heavy atom. The summed E-state index contributed by atoms with van der Waals surface area (Å²) < 4.78 is 0. The van der Waals surface area contributed by atoms with Gasteiger partial charge in [0, 0.05) is 12.1 Å². The van der Waals surface area contributed by atoms with E-state index < -0.39 is 0 Å². The van der Waals surface area contributed by atoms with Crippen LogP contribution in [0.2, 0.25) is 0 Å². The van der Waals surface area contributed by atoms with E-state index >= 15 is 0 Å². The molecule has 0 heterocycles. The minimum atomic E-state index is -0.346. The smallest absolute Gasteiger partial charge is 0.292 e. The molecule has 0 radical (unpaired) electrons. The molecule has 0 aliphatic carbocycles. The normalized spacial score (nSPS) is 12.1. The van der Waals surface area contributed by atoms with Gasteiger partial charge in [-0.25, -0.2) is 0 Å². The van der Waals surface area contributed by atoms with Crippen molar-refractivity contribution in [2.45, 2.75) is 45.6 Å². The zero-order chi connectivity index (χ0) is 12.7. The lowest BCUT2D eigenvalue weighted by Gasteiger charge is -2.14. The molecule has 17 heavy (non-hydrogen) atoms. The number of hydrogen-bond donors (Lipinski definition) is 1. The fraction of sp³-hybridized carbons (Fsp3) is 0.538. The first kappa shape index (κ1) is 13.5. The third-order valence-electron chi connectivity index (χ3n) is 2.74. The summed E-state index contributed by atoms with van der Waals surface area (Å²) in [4.78, 5) is 10.5. The predicted molar refractivity (Wildman–Crippen MR) is 70.3 cm³/mol. The zero-order valence-electron chi connectivity index (χ0n) is 10.5. The summed E-state index contributed by atoms with van der Waals surface area (Å²) in [6.45, 7) is 4.23. The van der Waals surface area contributed by atoms with E-state index in [1.54, 1.807) is 12.1 Å². The number of nitro benzene ring substituents is 1. The average molecular weight is 236 g/mol. The largest absolute Gasteiger partial charge is 0.377 e. The first-order valence-corrected chi connectivity index (χ1v) is 6.15. The summed E-state index contributed by atoms with van der Waals surface area (Å²) >= 11 is 0. The van der Waals surface area contributed by atoms with E-state index in [0.29, 0.717) is 5.69 Å². The van der Waals surface area contributed by atoms with Crippen LogP contribution in [-0.2, 0) is 0 Å². The van der Waals surface area contributed by atoms with Crippen LogP contribution in [-0.4, -0.2) is 11.0 Å². The Kier molecular flexibility index (Phi) is 5.46. The molecule has 1 N–H and O–H groups in total. The van der Waals surface area contributed by atoms with Gasteiger partial charge in [-0.15, -0.1) is 0 Å². The van der Waals surface area contributed by atoms with Crippen LogP contribution in [0.4, 0.5) is 11.4 Å². The second-order valence-corrected chi connectivity index (χ2v) is 4.32. The summed E-state index contributed by atoms with van der Waals surface area (Å²) in [5.74, 6) is 0. The molecule has 0 amide bonds. The van der Waals surface area contributed by atoms with Crippen molar-refractivity contribution in [3.05, 3.63) is 34.4 Å². The molecule has 1 rings (SSSR count). The fourth-order valence-electron chi connectivity index (χ4n) is 1.79. The van der Waals surface area contributed by atoms with Crippen molar-refractivity contribution in [3.8, 4) is 0 Å². The molecule has 4 nitrogen and oxygen atoms in total. The van der Waals surface area contributed by atoms with Gasteiger partial charge in [-0.05, 0) is 19.4 Å². The van der Waals surface area contributed by atoms with Crippen LogP contribution in [0.15, 0.2) is 24.3 Å². The SMILES string of the molecule is CCCCCC(C)Nc1ccccc1[N+](=O)[O-]. The molecule has 1 aromatic rings. The molecule has 0 aromatic heterocycles. The van der Waals surface area contributed by atoms with Crippen LogP contribution >= 0.6 is 0 Å². The first-order chi connectivity index (χ1) is 8.15. The van der Waals surface area contributed by atoms with Crippen LogP contribution in [0, 0.1) is 10.1 Å². The molecule has 0 aliphatic rings. The van der Waals surface area contributed by atoms with E-state index in [-0.39, 0.29) is 16.7 Å². The molecule has 0 bridgehead atoms. The Hall–Kier alpha value is -1.58. The molecule has 4 heteroatoms. The number of benzene rings is 1. The van der Waals surface area contributed by atoms with Crippen molar-refractivity contribution < 1.29 is 4.92 Å². The lowest BCUT2D eigenvalue weighted by atomic mass is 10.1.